The zero-order chi connectivity index (χ0) is 12.5. The van der Waals surface area contributed by atoms with Crippen molar-refractivity contribution in [1.29, 1.82) is 0 Å². The predicted octanol–water partition coefficient (Wildman–Crippen LogP) is 2.18. The highest BCUT2D eigenvalue weighted by atomic mass is 32.1. The second-order valence-electron chi connectivity index (χ2n) is 5.40. The van der Waals surface area contributed by atoms with Crippen LogP contribution in [0.3, 0.4) is 0 Å². The molecule has 2 aliphatic rings. The van der Waals surface area contributed by atoms with E-state index in [-0.39, 0.29) is 0 Å². The maximum Gasteiger partial charge on any atom is 0.0905 e. The Bertz CT molecular complexity index is 406. The lowest BCUT2D eigenvalue weighted by Gasteiger charge is -2.38. The summed E-state index contributed by atoms with van der Waals surface area (Å²) in [6, 6.07) is 3.22. The number of fused-ring (bicyclic) bond motifs is 1. The number of nitrogens with zero attached hydrogens (tertiary/aromatic N) is 1. The molecule has 3 unspecified atom stereocenters. The van der Waals surface area contributed by atoms with Gasteiger partial charge in [-0.25, -0.2) is 0 Å². The maximum absolute atomic E-state index is 6.13. The molecule has 0 aromatic carbocycles. The molecule has 0 amide bonds. The molecule has 3 rings (SSSR count). The van der Waals surface area contributed by atoms with Crippen LogP contribution in [0.2, 0.25) is 0 Å². The van der Waals surface area contributed by atoms with Crippen LogP contribution in [-0.4, -0.2) is 43.8 Å². The highest BCUT2D eigenvalue weighted by Gasteiger charge is 2.36. The number of hydrogen-bond donors (Lipinski definition) is 1. The van der Waals surface area contributed by atoms with E-state index in [0.717, 1.165) is 13.2 Å². The zero-order valence-corrected chi connectivity index (χ0v) is 12.0. The van der Waals surface area contributed by atoms with Gasteiger partial charge in [-0.1, -0.05) is 0 Å². The van der Waals surface area contributed by atoms with Crippen molar-refractivity contribution in [2.24, 2.45) is 0 Å². The van der Waals surface area contributed by atoms with Crippen LogP contribution < -0.4 is 5.32 Å². The molecule has 0 aliphatic carbocycles. The highest BCUT2D eigenvalue weighted by molar-refractivity contribution is 7.10. The molecule has 1 N–H and O–H groups in total. The van der Waals surface area contributed by atoms with Crippen LogP contribution in [0.5, 0.6) is 0 Å². The van der Waals surface area contributed by atoms with Gasteiger partial charge in [-0.05, 0) is 50.4 Å². The van der Waals surface area contributed by atoms with Gasteiger partial charge in [0.2, 0.25) is 0 Å². The van der Waals surface area contributed by atoms with Crippen molar-refractivity contribution >= 4 is 11.3 Å². The van der Waals surface area contributed by atoms with Crippen molar-refractivity contribution < 1.29 is 4.74 Å². The van der Waals surface area contributed by atoms with Gasteiger partial charge in [0, 0.05) is 17.5 Å². The molecule has 0 spiro atoms. The number of morpholine rings is 1. The molecule has 1 aromatic heterocycles. The van der Waals surface area contributed by atoms with Crippen molar-refractivity contribution in [2.75, 3.05) is 26.7 Å². The summed E-state index contributed by atoms with van der Waals surface area (Å²) < 4.78 is 6.13. The lowest BCUT2D eigenvalue weighted by molar-refractivity contribution is -0.0638. The third-order valence-electron chi connectivity index (χ3n) is 4.28. The van der Waals surface area contributed by atoms with Gasteiger partial charge in [-0.2, -0.15) is 0 Å². The Kier molecular flexibility index (Phi) is 3.71. The average molecular weight is 266 g/mol. The third-order valence-corrected chi connectivity index (χ3v) is 5.39. The molecule has 3 heterocycles. The van der Waals surface area contributed by atoms with Gasteiger partial charge in [0.1, 0.15) is 0 Å². The highest BCUT2D eigenvalue weighted by Crippen LogP contribution is 2.32. The van der Waals surface area contributed by atoms with Gasteiger partial charge in [-0.15, -0.1) is 11.3 Å². The standard InChI is InChI=1S/C14H22N2OS/c1-10-5-7-18-14(10)13(15-2)12-8-16-6-3-4-11(16)9-17-12/h5,7,11-13,15H,3-4,6,8-9H2,1-2H3. The Morgan fingerprint density at radius 1 is 1.56 bits per heavy atom. The smallest absolute Gasteiger partial charge is 0.0905 e. The Hall–Kier alpha value is -0.420. The van der Waals surface area contributed by atoms with Crippen LogP contribution in [0.25, 0.3) is 0 Å². The minimum atomic E-state index is 0.293. The first-order valence-corrected chi connectivity index (χ1v) is 7.74. The first-order valence-electron chi connectivity index (χ1n) is 6.86. The maximum atomic E-state index is 6.13. The van der Waals surface area contributed by atoms with E-state index < -0.39 is 0 Å². The van der Waals surface area contributed by atoms with E-state index in [9.17, 15) is 0 Å². The number of rotatable bonds is 3. The molecule has 4 heteroatoms. The quantitative estimate of drug-likeness (QED) is 0.907. The largest absolute Gasteiger partial charge is 0.373 e. The number of hydrogen-bond acceptors (Lipinski definition) is 4. The number of aryl methyl sites for hydroxylation is 1. The van der Waals surface area contributed by atoms with Crippen LogP contribution in [0, 0.1) is 6.92 Å². The van der Waals surface area contributed by atoms with E-state index in [0.29, 0.717) is 18.2 Å². The van der Waals surface area contributed by atoms with Gasteiger partial charge >= 0.3 is 0 Å². The molecule has 0 bridgehead atoms. The fraction of sp³-hybridized carbons (Fsp3) is 0.714. The fourth-order valence-corrected chi connectivity index (χ4v) is 4.32. The number of thiophene rings is 1. The van der Waals surface area contributed by atoms with E-state index >= 15 is 0 Å². The third kappa shape index (κ3) is 2.23. The molecule has 3 atom stereocenters. The zero-order valence-electron chi connectivity index (χ0n) is 11.2. The summed E-state index contributed by atoms with van der Waals surface area (Å²) in [6.45, 7) is 5.43. The van der Waals surface area contributed by atoms with Crippen molar-refractivity contribution in [1.82, 2.24) is 10.2 Å². The van der Waals surface area contributed by atoms with Crippen LogP contribution in [0.4, 0.5) is 0 Å². The molecule has 0 saturated carbocycles. The Labute approximate surface area is 113 Å². The summed E-state index contributed by atoms with van der Waals surface area (Å²) in [5.41, 5.74) is 1.38. The van der Waals surface area contributed by atoms with Crippen molar-refractivity contribution in [3.05, 3.63) is 21.9 Å². The molecule has 2 saturated heterocycles. The lowest BCUT2D eigenvalue weighted by atomic mass is 10.0. The summed E-state index contributed by atoms with van der Waals surface area (Å²) in [5, 5.41) is 5.63. The molecule has 100 valence electrons. The van der Waals surface area contributed by atoms with E-state index in [1.54, 1.807) is 0 Å². The minimum absolute atomic E-state index is 0.293. The van der Waals surface area contributed by atoms with Gasteiger partial charge < -0.3 is 10.1 Å². The van der Waals surface area contributed by atoms with E-state index in [2.05, 4.69) is 28.6 Å². The van der Waals surface area contributed by atoms with Gasteiger partial charge in [-0.3, -0.25) is 4.90 Å². The normalized spacial score (nSPS) is 30.3. The van der Waals surface area contributed by atoms with E-state index in [1.807, 2.05) is 18.4 Å². The van der Waals surface area contributed by atoms with Crippen molar-refractivity contribution in [2.45, 2.75) is 38.0 Å². The van der Waals surface area contributed by atoms with Crippen LogP contribution in [-0.2, 0) is 4.74 Å². The summed E-state index contributed by atoms with van der Waals surface area (Å²) in [7, 11) is 2.04. The molecule has 2 aliphatic heterocycles. The number of ether oxygens (including phenoxy) is 1. The molecule has 1 aromatic rings. The number of nitrogens with one attached hydrogen (secondary N) is 1. The van der Waals surface area contributed by atoms with Crippen molar-refractivity contribution in [3.8, 4) is 0 Å². The monoisotopic (exact) mass is 266 g/mol. The molecule has 18 heavy (non-hydrogen) atoms. The molecule has 3 nitrogen and oxygen atoms in total. The summed E-state index contributed by atoms with van der Waals surface area (Å²) in [6.07, 6.45) is 2.94. The summed E-state index contributed by atoms with van der Waals surface area (Å²) in [5.74, 6) is 0. The van der Waals surface area contributed by atoms with E-state index in [1.165, 1.54) is 29.8 Å². The van der Waals surface area contributed by atoms with Crippen LogP contribution in [0.1, 0.15) is 29.3 Å². The average Bonchev–Trinajstić information content (AvgIpc) is 2.99. The first-order chi connectivity index (χ1) is 8.79. The first kappa shape index (κ1) is 12.6. The van der Waals surface area contributed by atoms with Crippen molar-refractivity contribution in [3.63, 3.8) is 0 Å². The fourth-order valence-electron chi connectivity index (χ4n) is 3.23. The molecule has 0 radical (unpaired) electrons. The van der Waals surface area contributed by atoms with Gasteiger partial charge in [0.15, 0.2) is 0 Å². The number of likely N-dealkylation sites (N-methyl/N-ethyl adjacent to an activating group) is 1. The second kappa shape index (κ2) is 5.29. The van der Waals surface area contributed by atoms with Gasteiger partial charge in [0.05, 0.1) is 18.8 Å². The SMILES string of the molecule is CNC(c1sccc1C)C1CN2CCCC2CO1. The Balaban J connectivity index is 1.74. The summed E-state index contributed by atoms with van der Waals surface area (Å²) >= 11 is 1.84. The van der Waals surface area contributed by atoms with Gasteiger partial charge in [0.25, 0.3) is 0 Å². The Morgan fingerprint density at radius 2 is 2.44 bits per heavy atom. The molecular formula is C14H22N2OS. The van der Waals surface area contributed by atoms with Crippen LogP contribution >= 0.6 is 11.3 Å². The summed E-state index contributed by atoms with van der Waals surface area (Å²) in [4.78, 5) is 4.04. The lowest BCUT2D eigenvalue weighted by Crippen LogP contribution is -2.50. The topological polar surface area (TPSA) is 24.5 Å². The molecular weight excluding hydrogens is 244 g/mol. The van der Waals surface area contributed by atoms with Crippen LogP contribution in [0.15, 0.2) is 11.4 Å². The molecule has 2 fully saturated rings. The second-order valence-corrected chi connectivity index (χ2v) is 6.34. The minimum Gasteiger partial charge on any atom is -0.373 e. The predicted molar refractivity (Wildman–Crippen MR) is 75.2 cm³/mol. The van der Waals surface area contributed by atoms with E-state index in [4.69, 9.17) is 4.74 Å². The Morgan fingerprint density at radius 3 is 3.17 bits per heavy atom.